The molecule has 0 bridgehead atoms. The zero-order chi connectivity index (χ0) is 36.8. The lowest BCUT2D eigenvalue weighted by Gasteiger charge is -2.27. The van der Waals surface area contributed by atoms with Gasteiger partial charge in [0, 0.05) is 47.0 Å². The molecule has 0 aliphatic carbocycles. The van der Waals surface area contributed by atoms with Crippen molar-refractivity contribution in [1.29, 1.82) is 0 Å². The van der Waals surface area contributed by atoms with E-state index in [9.17, 15) is 31.5 Å². The van der Waals surface area contributed by atoms with E-state index in [1.165, 1.54) is 41.0 Å². The predicted octanol–water partition coefficient (Wildman–Crippen LogP) is 6.82. The quantitative estimate of drug-likeness (QED) is 0.162. The van der Waals surface area contributed by atoms with Crippen LogP contribution in [0, 0.1) is 0 Å². The number of nitrogens with zero attached hydrogens (tertiary/aromatic N) is 4. The SMILES string of the molecule is CC(C)(C)OC(=O)[C@H]1CCCN1S(=O)(=O)c1ccc2c(Cl)cnc(Cl)c2c1.O=C(O)[C@H]1CCCN1S(=O)(=O)c1ccc2c(Cl)cnc(Cl)c2c1. The second-order valence-electron chi connectivity index (χ2n) is 12.6. The number of carbonyl (C=O) groups excluding carboxylic acids is 1. The van der Waals surface area contributed by atoms with E-state index in [2.05, 4.69) is 9.97 Å². The molecule has 268 valence electrons. The van der Waals surface area contributed by atoms with Crippen molar-refractivity contribution in [1.82, 2.24) is 18.6 Å². The Labute approximate surface area is 309 Å². The summed E-state index contributed by atoms with van der Waals surface area (Å²) >= 11 is 24.3. The van der Waals surface area contributed by atoms with E-state index in [0.29, 0.717) is 57.3 Å². The van der Waals surface area contributed by atoms with E-state index in [-0.39, 0.29) is 33.2 Å². The smallest absolute Gasteiger partial charge is 0.324 e. The summed E-state index contributed by atoms with van der Waals surface area (Å²) in [6.07, 6.45) is 4.63. The Morgan fingerprint density at radius 3 is 1.58 bits per heavy atom. The van der Waals surface area contributed by atoms with Crippen molar-refractivity contribution in [3.8, 4) is 0 Å². The number of hydrogen-bond donors (Lipinski definition) is 1. The van der Waals surface area contributed by atoms with Gasteiger partial charge in [-0.15, -0.1) is 0 Å². The highest BCUT2D eigenvalue weighted by Gasteiger charge is 2.42. The van der Waals surface area contributed by atoms with Gasteiger partial charge in [0.15, 0.2) is 0 Å². The first-order valence-corrected chi connectivity index (χ1v) is 19.7. The molecule has 4 heterocycles. The normalized spacial score (nSPS) is 19.0. The number of sulfonamides is 2. The number of hydrogen-bond acceptors (Lipinski definition) is 9. The number of fused-ring (bicyclic) bond motifs is 2. The van der Waals surface area contributed by atoms with Crippen LogP contribution in [0.3, 0.4) is 0 Å². The maximum Gasteiger partial charge on any atom is 0.324 e. The number of aliphatic carboxylic acids is 1. The van der Waals surface area contributed by atoms with Gasteiger partial charge in [-0.1, -0.05) is 58.5 Å². The minimum Gasteiger partial charge on any atom is -0.480 e. The molecule has 4 aromatic rings. The first kappa shape index (κ1) is 38.4. The third-order valence-electron chi connectivity index (χ3n) is 8.11. The third kappa shape index (κ3) is 7.82. The number of esters is 1. The number of carboxylic acids is 1. The Kier molecular flexibility index (Phi) is 11.3. The third-order valence-corrected chi connectivity index (χ3v) is 13.1. The van der Waals surface area contributed by atoms with Gasteiger partial charge in [-0.3, -0.25) is 9.59 Å². The van der Waals surface area contributed by atoms with Crippen molar-refractivity contribution in [3.05, 3.63) is 69.1 Å². The van der Waals surface area contributed by atoms with Crippen LogP contribution < -0.4 is 0 Å². The summed E-state index contributed by atoms with van der Waals surface area (Å²) in [5.74, 6) is -1.68. The average molecular weight is 807 g/mol. The van der Waals surface area contributed by atoms with Gasteiger partial charge in [0.25, 0.3) is 0 Å². The number of benzene rings is 2. The molecular formula is C32H32Cl4N4O8S2. The topological polar surface area (TPSA) is 164 Å². The molecule has 2 aliphatic heterocycles. The number of halogens is 4. The van der Waals surface area contributed by atoms with Gasteiger partial charge in [0.1, 0.15) is 28.0 Å². The summed E-state index contributed by atoms with van der Waals surface area (Å²) in [4.78, 5) is 31.6. The van der Waals surface area contributed by atoms with Crippen LogP contribution in [0.4, 0.5) is 0 Å². The number of ether oxygens (including phenoxy) is 1. The molecule has 0 unspecified atom stereocenters. The molecule has 2 atom stereocenters. The van der Waals surface area contributed by atoms with Gasteiger partial charge in [-0.2, -0.15) is 8.61 Å². The van der Waals surface area contributed by atoms with Crippen molar-refractivity contribution in [3.63, 3.8) is 0 Å². The van der Waals surface area contributed by atoms with Gasteiger partial charge in [0.05, 0.1) is 19.8 Å². The Morgan fingerprint density at radius 1 is 0.740 bits per heavy atom. The van der Waals surface area contributed by atoms with Crippen molar-refractivity contribution >= 4 is 99.9 Å². The molecule has 0 radical (unpaired) electrons. The summed E-state index contributed by atoms with van der Waals surface area (Å²) in [5, 5.41) is 12.3. The average Bonchev–Trinajstić information content (AvgIpc) is 3.76. The van der Waals surface area contributed by atoms with Crippen LogP contribution in [0.2, 0.25) is 20.4 Å². The zero-order valence-corrected chi connectivity index (χ0v) is 31.6. The van der Waals surface area contributed by atoms with Crippen LogP contribution in [0.1, 0.15) is 46.5 Å². The number of pyridine rings is 2. The van der Waals surface area contributed by atoms with Crippen LogP contribution in [-0.4, -0.2) is 83.2 Å². The lowest BCUT2D eigenvalue weighted by molar-refractivity contribution is -0.158. The van der Waals surface area contributed by atoms with Gasteiger partial charge < -0.3 is 9.84 Å². The number of carbonyl (C=O) groups is 2. The lowest BCUT2D eigenvalue weighted by Crippen LogP contribution is -2.43. The van der Waals surface area contributed by atoms with Crippen molar-refractivity contribution in [2.75, 3.05) is 13.1 Å². The van der Waals surface area contributed by atoms with Crippen LogP contribution in [-0.2, 0) is 34.4 Å². The molecule has 2 fully saturated rings. The van der Waals surface area contributed by atoms with Crippen LogP contribution in [0.25, 0.3) is 21.5 Å². The van der Waals surface area contributed by atoms with E-state index >= 15 is 0 Å². The molecule has 2 saturated heterocycles. The molecule has 2 aromatic heterocycles. The lowest BCUT2D eigenvalue weighted by atomic mass is 10.2. The van der Waals surface area contributed by atoms with Crippen LogP contribution >= 0.6 is 46.4 Å². The largest absolute Gasteiger partial charge is 0.480 e. The van der Waals surface area contributed by atoms with E-state index in [1.54, 1.807) is 32.9 Å². The summed E-state index contributed by atoms with van der Waals surface area (Å²) in [6.45, 7) is 5.69. The molecule has 18 heteroatoms. The summed E-state index contributed by atoms with van der Waals surface area (Å²) in [5.41, 5.74) is -0.687. The maximum absolute atomic E-state index is 13.2. The van der Waals surface area contributed by atoms with Gasteiger partial charge in [-0.05, 0) is 70.7 Å². The highest BCUT2D eigenvalue weighted by Crippen LogP contribution is 2.35. The number of carboxylic acid groups (broad SMARTS) is 1. The highest BCUT2D eigenvalue weighted by atomic mass is 35.5. The number of rotatable bonds is 6. The molecule has 1 N–H and O–H groups in total. The maximum atomic E-state index is 13.2. The van der Waals surface area contributed by atoms with E-state index in [4.69, 9.17) is 51.1 Å². The monoisotopic (exact) mass is 804 g/mol. The second kappa shape index (κ2) is 14.7. The molecule has 2 aromatic carbocycles. The van der Waals surface area contributed by atoms with E-state index < -0.39 is 49.7 Å². The molecule has 0 spiro atoms. The molecule has 2 aliphatic rings. The fourth-order valence-electron chi connectivity index (χ4n) is 5.81. The Hall–Kier alpha value is -2.82. The van der Waals surface area contributed by atoms with Gasteiger partial charge in [0.2, 0.25) is 20.0 Å². The van der Waals surface area contributed by atoms with Crippen LogP contribution in [0.15, 0.2) is 58.6 Å². The van der Waals surface area contributed by atoms with Gasteiger partial charge in [-0.25, -0.2) is 26.8 Å². The summed E-state index contributed by atoms with van der Waals surface area (Å²) in [6, 6.07) is 6.95. The van der Waals surface area contributed by atoms with E-state index in [0.717, 1.165) is 4.31 Å². The predicted molar refractivity (Wildman–Crippen MR) is 191 cm³/mol. The molecular weight excluding hydrogens is 774 g/mol. The Morgan fingerprint density at radius 2 is 1.16 bits per heavy atom. The standard InChI is InChI=1S/C18H20Cl2N2O4S.C14H12Cl2N2O4S/c1-18(2,3)26-17(23)15-5-4-8-22(15)27(24,25)11-6-7-12-13(9-11)16(20)21-10-14(12)19;15-11-7-17-13(16)10-6-8(3-4-9(10)11)23(21,22)18-5-1-2-12(18)14(19)20/h6-7,9-10,15H,4-5,8H2,1-3H3;3-4,6-7,12H,1-2,5H2,(H,19,20)/t15-;12-/m11/s1. The first-order valence-electron chi connectivity index (χ1n) is 15.3. The van der Waals surface area contributed by atoms with E-state index in [1.807, 2.05) is 0 Å². The second-order valence-corrected chi connectivity index (χ2v) is 17.9. The minimum absolute atomic E-state index is 0.0240. The molecule has 12 nitrogen and oxygen atoms in total. The zero-order valence-electron chi connectivity index (χ0n) is 26.9. The summed E-state index contributed by atoms with van der Waals surface area (Å²) in [7, 11) is -7.84. The Bertz CT molecular complexity index is 2220. The fraction of sp³-hybridized carbons (Fsp3) is 0.375. The summed E-state index contributed by atoms with van der Waals surface area (Å²) < 4.78 is 59.5. The number of aromatic nitrogens is 2. The highest BCUT2D eigenvalue weighted by molar-refractivity contribution is 7.89. The minimum atomic E-state index is -3.93. The van der Waals surface area contributed by atoms with Gasteiger partial charge >= 0.3 is 11.9 Å². The molecule has 6 rings (SSSR count). The van der Waals surface area contributed by atoms with Crippen LogP contribution in [0.5, 0.6) is 0 Å². The fourth-order valence-corrected chi connectivity index (χ4v) is 10.00. The molecule has 0 saturated carbocycles. The van der Waals surface area contributed by atoms with Crippen molar-refractivity contribution < 1.29 is 36.3 Å². The molecule has 0 amide bonds. The first-order chi connectivity index (χ1) is 23.3. The Balaban J connectivity index is 0.000000197. The molecule has 50 heavy (non-hydrogen) atoms. The van der Waals surface area contributed by atoms with Crippen molar-refractivity contribution in [2.24, 2.45) is 0 Å². The van der Waals surface area contributed by atoms with Crippen molar-refractivity contribution in [2.45, 2.75) is 73.9 Å².